The first-order valence-corrected chi connectivity index (χ1v) is 10.5. The third kappa shape index (κ3) is 3.60. The normalized spacial score (nSPS) is 17.3. The Morgan fingerprint density at radius 2 is 2.12 bits per heavy atom. The molecule has 1 saturated heterocycles. The summed E-state index contributed by atoms with van der Waals surface area (Å²) in [7, 11) is 0. The van der Waals surface area contributed by atoms with Crippen molar-refractivity contribution in [2.75, 3.05) is 12.3 Å². The SMILES string of the molecule is Cc1cnc2ccc(-c3nc(C(=O)NCC4CC(C)(C)O4)c(N)nc3-c3ccc[nH]3)cn12. The third-order valence-electron chi connectivity index (χ3n) is 5.65. The van der Waals surface area contributed by atoms with E-state index in [1.165, 1.54) is 0 Å². The molecule has 0 bridgehead atoms. The number of H-pyrrole nitrogens is 1. The largest absolute Gasteiger partial charge is 0.382 e. The van der Waals surface area contributed by atoms with Gasteiger partial charge in [-0.25, -0.2) is 15.0 Å². The molecule has 4 aromatic rings. The number of nitrogens with two attached hydrogens (primary N) is 1. The van der Waals surface area contributed by atoms with Crippen LogP contribution in [0.4, 0.5) is 5.82 Å². The molecule has 9 nitrogen and oxygen atoms in total. The van der Waals surface area contributed by atoms with E-state index in [0.29, 0.717) is 17.9 Å². The molecule has 4 aromatic heterocycles. The Morgan fingerprint density at radius 3 is 2.84 bits per heavy atom. The summed E-state index contributed by atoms with van der Waals surface area (Å²) in [5, 5.41) is 2.88. The van der Waals surface area contributed by atoms with E-state index in [-0.39, 0.29) is 29.1 Å². The lowest BCUT2D eigenvalue weighted by Crippen LogP contribution is -2.51. The molecule has 1 amide bonds. The van der Waals surface area contributed by atoms with Gasteiger partial charge in [-0.3, -0.25) is 4.79 Å². The third-order valence-corrected chi connectivity index (χ3v) is 5.65. The second kappa shape index (κ2) is 7.45. The number of carbonyl (C=O) groups is 1. The minimum absolute atomic E-state index is 0.00702. The zero-order valence-electron chi connectivity index (χ0n) is 18.2. The number of pyridine rings is 1. The quantitative estimate of drug-likeness (QED) is 0.446. The summed E-state index contributed by atoms with van der Waals surface area (Å²) in [4.78, 5) is 29.7. The van der Waals surface area contributed by atoms with Crippen molar-refractivity contribution in [2.45, 2.75) is 38.9 Å². The van der Waals surface area contributed by atoms with E-state index in [4.69, 9.17) is 10.5 Å². The van der Waals surface area contributed by atoms with Crippen molar-refractivity contribution in [1.82, 2.24) is 29.7 Å². The summed E-state index contributed by atoms with van der Waals surface area (Å²) in [5.41, 5.74) is 10.7. The monoisotopic (exact) mass is 431 g/mol. The molecule has 5 heterocycles. The molecule has 0 aliphatic carbocycles. The van der Waals surface area contributed by atoms with Crippen molar-refractivity contribution < 1.29 is 9.53 Å². The maximum Gasteiger partial charge on any atom is 0.273 e. The molecule has 1 aliphatic rings. The minimum Gasteiger partial charge on any atom is -0.382 e. The Kier molecular flexibility index (Phi) is 4.70. The number of imidazole rings is 1. The van der Waals surface area contributed by atoms with Gasteiger partial charge in [0.25, 0.3) is 5.91 Å². The summed E-state index contributed by atoms with van der Waals surface area (Å²) in [6.07, 6.45) is 6.43. The number of hydrogen-bond acceptors (Lipinski definition) is 6. The number of carbonyl (C=O) groups excluding carboxylic acids is 1. The van der Waals surface area contributed by atoms with Gasteiger partial charge in [0.1, 0.15) is 17.0 Å². The predicted octanol–water partition coefficient (Wildman–Crippen LogP) is 2.97. The van der Waals surface area contributed by atoms with Crippen LogP contribution >= 0.6 is 0 Å². The van der Waals surface area contributed by atoms with E-state index in [1.807, 2.05) is 61.8 Å². The summed E-state index contributed by atoms with van der Waals surface area (Å²) in [6, 6.07) is 7.60. The lowest BCUT2D eigenvalue weighted by molar-refractivity contribution is -0.180. The maximum absolute atomic E-state index is 12.9. The number of rotatable bonds is 5. The zero-order chi connectivity index (χ0) is 22.5. The number of nitrogens with zero attached hydrogens (tertiary/aromatic N) is 4. The molecule has 9 heteroatoms. The van der Waals surface area contributed by atoms with Gasteiger partial charge in [-0.2, -0.15) is 0 Å². The number of ether oxygens (including phenoxy) is 1. The van der Waals surface area contributed by atoms with E-state index in [1.54, 1.807) is 6.20 Å². The van der Waals surface area contributed by atoms with E-state index in [9.17, 15) is 4.79 Å². The molecule has 1 atom stereocenters. The molecule has 1 fully saturated rings. The van der Waals surface area contributed by atoms with Gasteiger partial charge < -0.3 is 25.2 Å². The van der Waals surface area contributed by atoms with Crippen LogP contribution < -0.4 is 11.1 Å². The first-order valence-electron chi connectivity index (χ1n) is 10.5. The molecular weight excluding hydrogens is 406 g/mol. The number of nitrogens with one attached hydrogen (secondary N) is 2. The van der Waals surface area contributed by atoms with Crippen LogP contribution in [0.25, 0.3) is 28.3 Å². The Balaban J connectivity index is 1.53. The Hall–Kier alpha value is -3.72. The fourth-order valence-electron chi connectivity index (χ4n) is 4.12. The Morgan fingerprint density at radius 1 is 1.31 bits per heavy atom. The number of aromatic nitrogens is 5. The fourth-order valence-corrected chi connectivity index (χ4v) is 4.12. The predicted molar refractivity (Wildman–Crippen MR) is 121 cm³/mol. The summed E-state index contributed by atoms with van der Waals surface area (Å²) in [6.45, 7) is 6.43. The molecule has 0 radical (unpaired) electrons. The molecule has 0 spiro atoms. The maximum atomic E-state index is 12.9. The van der Waals surface area contributed by atoms with Crippen LogP contribution in [0.5, 0.6) is 0 Å². The van der Waals surface area contributed by atoms with E-state index >= 15 is 0 Å². The van der Waals surface area contributed by atoms with Crippen molar-refractivity contribution >= 4 is 17.4 Å². The highest BCUT2D eigenvalue weighted by molar-refractivity contribution is 5.98. The van der Waals surface area contributed by atoms with E-state index < -0.39 is 0 Å². The highest BCUT2D eigenvalue weighted by Gasteiger charge is 2.37. The number of hydrogen-bond donors (Lipinski definition) is 3. The smallest absolute Gasteiger partial charge is 0.273 e. The number of anilines is 1. The van der Waals surface area contributed by atoms with Crippen molar-refractivity contribution in [1.29, 1.82) is 0 Å². The van der Waals surface area contributed by atoms with Crippen LogP contribution in [-0.4, -0.2) is 48.5 Å². The number of aryl methyl sites for hydroxylation is 1. The lowest BCUT2D eigenvalue weighted by Gasteiger charge is -2.43. The van der Waals surface area contributed by atoms with E-state index in [0.717, 1.165) is 29.0 Å². The molecule has 0 aromatic carbocycles. The number of amides is 1. The molecule has 164 valence electrons. The molecule has 5 rings (SSSR count). The van der Waals surface area contributed by atoms with Crippen molar-refractivity contribution in [3.8, 4) is 22.6 Å². The fraction of sp³-hybridized carbons (Fsp3) is 0.304. The van der Waals surface area contributed by atoms with Gasteiger partial charge in [-0.1, -0.05) is 0 Å². The van der Waals surface area contributed by atoms with Gasteiger partial charge in [-0.05, 0) is 45.0 Å². The summed E-state index contributed by atoms with van der Waals surface area (Å²) >= 11 is 0. The highest BCUT2D eigenvalue weighted by atomic mass is 16.5. The van der Waals surface area contributed by atoms with Gasteiger partial charge in [0.05, 0.1) is 17.4 Å². The van der Waals surface area contributed by atoms with Crippen molar-refractivity contribution in [3.05, 3.63) is 54.2 Å². The van der Waals surface area contributed by atoms with E-state index in [2.05, 4.69) is 25.3 Å². The van der Waals surface area contributed by atoms with Crippen molar-refractivity contribution in [3.63, 3.8) is 0 Å². The van der Waals surface area contributed by atoms with Gasteiger partial charge >= 0.3 is 0 Å². The van der Waals surface area contributed by atoms with Crippen LogP contribution in [0, 0.1) is 6.92 Å². The van der Waals surface area contributed by atoms with Crippen LogP contribution in [0.3, 0.4) is 0 Å². The minimum atomic E-state index is -0.373. The average Bonchev–Trinajstić information content (AvgIpc) is 3.40. The van der Waals surface area contributed by atoms with Crippen LogP contribution in [0.2, 0.25) is 0 Å². The average molecular weight is 432 g/mol. The number of fused-ring (bicyclic) bond motifs is 1. The standard InChI is InChI=1S/C23H25N7O2/c1-13-10-26-17-7-6-14(12-30(13)17)18-19(16-5-4-8-25-16)29-21(24)20(28-18)22(31)27-11-15-9-23(2,3)32-15/h4-8,10,12,15,25H,9,11H2,1-3H3,(H2,24,29)(H,27,31). The first-order chi connectivity index (χ1) is 15.3. The Bertz CT molecular complexity index is 1300. The molecule has 4 N–H and O–H groups in total. The molecule has 1 aliphatic heterocycles. The second-order valence-corrected chi connectivity index (χ2v) is 8.70. The summed E-state index contributed by atoms with van der Waals surface area (Å²) < 4.78 is 7.73. The van der Waals surface area contributed by atoms with Gasteiger partial charge in [-0.15, -0.1) is 0 Å². The first kappa shape index (κ1) is 20.2. The highest BCUT2D eigenvalue weighted by Crippen LogP contribution is 2.32. The second-order valence-electron chi connectivity index (χ2n) is 8.70. The molecular formula is C23H25N7O2. The molecule has 32 heavy (non-hydrogen) atoms. The topological polar surface area (TPSA) is 123 Å². The van der Waals surface area contributed by atoms with Crippen LogP contribution in [-0.2, 0) is 4.74 Å². The van der Waals surface area contributed by atoms with Crippen LogP contribution in [0.15, 0.2) is 42.9 Å². The van der Waals surface area contributed by atoms with Gasteiger partial charge in [0, 0.05) is 42.8 Å². The molecule has 0 saturated carbocycles. The number of nitrogen functional groups attached to an aromatic ring is 1. The zero-order valence-corrected chi connectivity index (χ0v) is 18.2. The Labute approximate surface area is 185 Å². The van der Waals surface area contributed by atoms with Gasteiger partial charge in [0.15, 0.2) is 11.5 Å². The van der Waals surface area contributed by atoms with Crippen LogP contribution in [0.1, 0.15) is 36.5 Å². The number of aromatic amines is 1. The molecule has 1 unspecified atom stereocenters. The lowest BCUT2D eigenvalue weighted by atomic mass is 9.93. The van der Waals surface area contributed by atoms with Crippen molar-refractivity contribution in [2.24, 2.45) is 0 Å². The van der Waals surface area contributed by atoms with Gasteiger partial charge in [0.2, 0.25) is 0 Å². The summed E-state index contributed by atoms with van der Waals surface area (Å²) in [5.74, 6) is -0.298.